The number of carbonyl (C=O) groups excluding carboxylic acids is 2. The van der Waals surface area contributed by atoms with Gasteiger partial charge in [0.25, 0.3) is 11.8 Å². The number of nitrogen functional groups attached to an aromatic ring is 1. The average molecular weight is 760 g/mol. The minimum atomic E-state index is -1.84. The molecule has 6 rings (SSSR count). The molecule has 0 spiro atoms. The number of hydrazine groups is 2. The lowest BCUT2D eigenvalue weighted by Crippen LogP contribution is -2.71. The van der Waals surface area contributed by atoms with Crippen LogP contribution >= 0.6 is 34.9 Å². The molecule has 5 heterocycles. The van der Waals surface area contributed by atoms with Gasteiger partial charge in [0.05, 0.1) is 11.2 Å². The van der Waals surface area contributed by atoms with Gasteiger partial charge in [-0.1, -0.05) is 11.2 Å². The second kappa shape index (κ2) is 13.9. The van der Waals surface area contributed by atoms with E-state index in [2.05, 4.69) is 26.0 Å². The number of nitrogens with zero attached hydrogens (tertiary/aromatic N) is 6. The molecule has 0 saturated carbocycles. The van der Waals surface area contributed by atoms with Crippen LogP contribution in [-0.2, 0) is 24.0 Å². The van der Waals surface area contributed by atoms with E-state index < -0.39 is 64.6 Å². The molecule has 1 fully saturated rings. The number of thioether (sulfide) groups is 2. The summed E-state index contributed by atoms with van der Waals surface area (Å²) in [7, 11) is 0. The van der Waals surface area contributed by atoms with E-state index in [1.165, 1.54) is 40.1 Å². The van der Waals surface area contributed by atoms with E-state index in [1.54, 1.807) is 13.0 Å². The number of nitrogens with two attached hydrogens (primary N) is 1. The van der Waals surface area contributed by atoms with Crippen LogP contribution in [0.15, 0.2) is 68.1 Å². The standard InChI is InChI=1S/C28H25N9O11S3/c1-10-4-17(37-16(30-10)6-35(34-37)28(46)47)49-7-12-8-50-24-19(23(41)36(24)20(12)25(42)43)32-22(40)18(13-9-51-27(29)31-13)33-48-21(26(44)45)11-2-3-14(38)15(39)5-11/h2-6,9,19,21,24,34,38-39H,7-8H2,1H3,(H2,29,31)(H,32,40)(H,42,43)(H,44,45)(H,46,47)/b33-18-/t19-,21+,24-/m1/s1. The number of aromatic nitrogens is 1. The maximum absolute atomic E-state index is 13.5. The highest BCUT2D eigenvalue weighted by Gasteiger charge is 2.54. The van der Waals surface area contributed by atoms with E-state index in [0.717, 1.165) is 39.4 Å². The van der Waals surface area contributed by atoms with Crippen LogP contribution in [0.3, 0.4) is 0 Å². The van der Waals surface area contributed by atoms with E-state index >= 15 is 0 Å². The number of amides is 3. The van der Waals surface area contributed by atoms with Gasteiger partial charge in [0.15, 0.2) is 28.2 Å². The number of benzene rings is 1. The molecule has 4 aliphatic rings. The van der Waals surface area contributed by atoms with E-state index in [-0.39, 0.29) is 33.6 Å². The lowest BCUT2D eigenvalue weighted by atomic mass is 10.0. The van der Waals surface area contributed by atoms with Crippen molar-refractivity contribution in [3.8, 4) is 11.5 Å². The number of hydrogen-bond donors (Lipinski definition) is 8. The predicted molar refractivity (Wildman–Crippen MR) is 181 cm³/mol. The Morgan fingerprint density at radius 1 is 1.22 bits per heavy atom. The van der Waals surface area contributed by atoms with E-state index in [0.29, 0.717) is 22.1 Å². The second-order valence-electron chi connectivity index (χ2n) is 10.8. The van der Waals surface area contributed by atoms with Crippen molar-refractivity contribution in [3.05, 3.63) is 69.2 Å². The Bertz CT molecular complexity index is 2030. The van der Waals surface area contributed by atoms with Gasteiger partial charge in [-0.3, -0.25) is 14.5 Å². The van der Waals surface area contributed by atoms with Gasteiger partial charge in [-0.25, -0.2) is 29.4 Å². The molecule has 0 unspecified atom stereocenters. The zero-order valence-electron chi connectivity index (χ0n) is 25.8. The summed E-state index contributed by atoms with van der Waals surface area (Å²) in [5.74, 6) is -5.19. The molecule has 266 valence electrons. The molecule has 0 bridgehead atoms. The summed E-state index contributed by atoms with van der Waals surface area (Å²) in [6.07, 6.45) is -0.136. The molecule has 1 saturated heterocycles. The van der Waals surface area contributed by atoms with Crippen LogP contribution in [0, 0.1) is 0 Å². The highest BCUT2D eigenvalue weighted by atomic mass is 32.2. The summed E-state index contributed by atoms with van der Waals surface area (Å²) >= 11 is 3.34. The normalized spacial score (nSPS) is 20.4. The summed E-state index contributed by atoms with van der Waals surface area (Å²) in [6, 6.07) is 1.94. The van der Waals surface area contributed by atoms with Crippen LogP contribution < -0.4 is 16.6 Å². The maximum Gasteiger partial charge on any atom is 0.427 e. The van der Waals surface area contributed by atoms with E-state index in [1.807, 2.05) is 0 Å². The molecule has 1 aromatic carbocycles. The van der Waals surface area contributed by atoms with Gasteiger partial charge in [-0.15, -0.1) is 40.4 Å². The number of phenols is 2. The Labute approximate surface area is 298 Å². The number of carboxylic acids is 2. The molecule has 3 atom stereocenters. The fourth-order valence-corrected chi connectivity index (χ4v) is 8.19. The number of aliphatic imine (C=N–C) groups is 1. The number of anilines is 1. The average Bonchev–Trinajstić information content (AvgIpc) is 3.71. The number of aliphatic carboxylic acids is 2. The summed E-state index contributed by atoms with van der Waals surface area (Å²) in [5.41, 5.74) is 8.35. The Hall–Kier alpha value is -5.78. The maximum atomic E-state index is 13.5. The molecule has 51 heavy (non-hydrogen) atoms. The minimum Gasteiger partial charge on any atom is -0.504 e. The smallest absolute Gasteiger partial charge is 0.427 e. The number of allylic oxidation sites excluding steroid dienone is 1. The number of rotatable bonds is 11. The molecule has 9 N–H and O–H groups in total. The number of carbonyl (C=O) groups is 5. The summed E-state index contributed by atoms with van der Waals surface area (Å²) < 4.78 is 0. The first-order chi connectivity index (χ1) is 24.2. The molecule has 23 heteroatoms. The number of β-lactam (4-membered cyclic amide) rings is 1. The minimum absolute atomic E-state index is 0.0394. The van der Waals surface area contributed by atoms with E-state index in [4.69, 9.17) is 10.6 Å². The molecule has 0 aliphatic carbocycles. The summed E-state index contributed by atoms with van der Waals surface area (Å²) in [5, 5.41) is 58.2. The van der Waals surface area contributed by atoms with Gasteiger partial charge in [-0.2, -0.15) is 5.01 Å². The number of aromatic hydroxyl groups is 2. The number of carboxylic acid groups (broad SMARTS) is 3. The quantitative estimate of drug-likeness (QED) is 0.0686. The Morgan fingerprint density at radius 3 is 2.63 bits per heavy atom. The largest absolute Gasteiger partial charge is 0.504 e. The van der Waals surface area contributed by atoms with Gasteiger partial charge in [0.1, 0.15) is 22.8 Å². The number of hydrogen-bond acceptors (Lipinski definition) is 17. The SMILES string of the molecule is CC1=NC2=CN(C(=O)O)NN2C(SCC2=C(C(=O)O)N3C(=O)[C@@H](NC(=O)/C(=N\O[C@H](C(=O)O)c4ccc(O)c(O)c4)c4csc(N)n4)[C@H]3SC2)=C1. The molecule has 2 aromatic rings. The molecule has 20 nitrogen and oxygen atoms in total. The van der Waals surface area contributed by atoms with Crippen molar-refractivity contribution < 1.29 is 54.3 Å². The fraction of sp³-hybridized carbons (Fsp3) is 0.214. The summed E-state index contributed by atoms with van der Waals surface area (Å²) in [6.45, 7) is 1.72. The molecular weight excluding hydrogens is 735 g/mol. The predicted octanol–water partition coefficient (Wildman–Crippen LogP) is 0.985. The number of thiazole rings is 1. The van der Waals surface area contributed by atoms with Crippen LogP contribution in [-0.4, -0.2) is 110 Å². The van der Waals surface area contributed by atoms with Crippen molar-refractivity contribution in [2.45, 2.75) is 24.4 Å². The van der Waals surface area contributed by atoms with Gasteiger partial charge in [0, 0.05) is 28.2 Å². The highest BCUT2D eigenvalue weighted by Crippen LogP contribution is 2.42. The monoisotopic (exact) mass is 759 g/mol. The topological polar surface area (TPSA) is 293 Å². The zero-order valence-corrected chi connectivity index (χ0v) is 28.2. The van der Waals surface area contributed by atoms with Crippen molar-refractivity contribution >= 4 is 81.3 Å². The number of nitrogens with one attached hydrogen (secondary N) is 2. The van der Waals surface area contributed by atoms with Crippen molar-refractivity contribution in [2.24, 2.45) is 10.1 Å². The molecule has 3 amide bonds. The van der Waals surface area contributed by atoms with Crippen LogP contribution in [0.5, 0.6) is 11.5 Å². The van der Waals surface area contributed by atoms with Crippen LogP contribution in [0.1, 0.15) is 24.3 Å². The third-order valence-corrected chi connectivity index (χ3v) is 10.5. The first kappa shape index (κ1) is 35.1. The Balaban J connectivity index is 1.18. The van der Waals surface area contributed by atoms with Crippen molar-refractivity contribution in [2.75, 3.05) is 17.2 Å². The number of oxime groups is 1. The fourth-order valence-electron chi connectivity index (χ4n) is 5.09. The van der Waals surface area contributed by atoms with Crippen LogP contribution in [0.25, 0.3) is 0 Å². The van der Waals surface area contributed by atoms with Crippen molar-refractivity contribution in [3.63, 3.8) is 0 Å². The molecule has 1 aromatic heterocycles. The Kier molecular flexibility index (Phi) is 9.52. The van der Waals surface area contributed by atoms with E-state index in [9.17, 15) is 49.5 Å². The van der Waals surface area contributed by atoms with Gasteiger partial charge >= 0.3 is 18.0 Å². The second-order valence-corrected chi connectivity index (χ2v) is 13.8. The number of phenolic OH excluding ortho intramolecular Hbond substituents is 2. The summed E-state index contributed by atoms with van der Waals surface area (Å²) in [4.78, 5) is 77.4. The molecule has 0 radical (unpaired) electrons. The number of fused-ring (bicyclic) bond motifs is 2. The van der Waals surface area contributed by atoms with Gasteiger partial charge < -0.3 is 41.4 Å². The Morgan fingerprint density at radius 2 is 1.98 bits per heavy atom. The zero-order chi connectivity index (χ0) is 36.7. The van der Waals surface area contributed by atoms with Gasteiger partial charge in [0.2, 0.25) is 6.10 Å². The molecule has 4 aliphatic heterocycles. The lowest BCUT2D eigenvalue weighted by Gasteiger charge is -2.49. The van der Waals surface area contributed by atoms with Crippen LogP contribution in [0.4, 0.5) is 9.93 Å². The third-order valence-electron chi connectivity index (χ3n) is 7.42. The van der Waals surface area contributed by atoms with Crippen molar-refractivity contribution in [1.29, 1.82) is 0 Å². The third kappa shape index (κ3) is 6.86. The van der Waals surface area contributed by atoms with Crippen molar-refractivity contribution in [1.82, 2.24) is 30.8 Å². The first-order valence-electron chi connectivity index (χ1n) is 14.3. The highest BCUT2D eigenvalue weighted by molar-refractivity contribution is 8.03. The van der Waals surface area contributed by atoms with Gasteiger partial charge in [-0.05, 0) is 30.7 Å². The first-order valence-corrected chi connectivity index (χ1v) is 17.3. The molecular formula is C28H25N9O11S3. The van der Waals surface area contributed by atoms with Crippen LogP contribution in [0.2, 0.25) is 0 Å². The lowest BCUT2D eigenvalue weighted by molar-refractivity contribution is -0.151.